The van der Waals surface area contributed by atoms with Gasteiger partial charge in [-0.3, -0.25) is 0 Å². The molecule has 0 fully saturated rings. The minimum Gasteiger partial charge on any atom is -0.448 e. The van der Waals surface area contributed by atoms with Crippen molar-refractivity contribution in [1.29, 1.82) is 0 Å². The van der Waals surface area contributed by atoms with Gasteiger partial charge < -0.3 is 4.12 Å². The van der Waals surface area contributed by atoms with E-state index in [0.717, 1.165) is 0 Å². The van der Waals surface area contributed by atoms with Crippen LogP contribution in [0, 0.1) is 12.0 Å². The number of hydrogen-bond donors (Lipinski definition) is 0. The van der Waals surface area contributed by atoms with Crippen LogP contribution in [-0.2, 0) is 4.12 Å². The van der Waals surface area contributed by atoms with Gasteiger partial charge in [-0.1, -0.05) is 30.3 Å². The summed E-state index contributed by atoms with van der Waals surface area (Å²) in [6, 6.07) is 10.4. The van der Waals surface area contributed by atoms with E-state index < -0.39 is 18.1 Å². The highest BCUT2D eigenvalue weighted by Gasteiger charge is 2.23. The minimum atomic E-state index is -1.68. The molecule has 68 valence electrons. The first-order valence-electron chi connectivity index (χ1n) is 4.30. The Labute approximate surface area is 83.2 Å². The predicted molar refractivity (Wildman–Crippen MR) is 62.0 cm³/mol. The fraction of sp³-hybridized carbons (Fsp3) is 0.200. The van der Waals surface area contributed by atoms with Crippen molar-refractivity contribution in [3.8, 4) is 12.0 Å². The van der Waals surface area contributed by atoms with Gasteiger partial charge in [-0.15, -0.1) is 12.0 Å². The van der Waals surface area contributed by atoms with E-state index in [1.54, 1.807) is 0 Å². The van der Waals surface area contributed by atoms with E-state index in [9.17, 15) is 0 Å². The Bertz CT molecular complexity index is 300. The summed E-state index contributed by atoms with van der Waals surface area (Å²) in [7, 11) is -2.42. The summed E-state index contributed by atoms with van der Waals surface area (Å²) in [5.74, 6) is 0. The van der Waals surface area contributed by atoms with Gasteiger partial charge >= 0.3 is 0 Å². The second kappa shape index (κ2) is 4.42. The number of terminal acetylenes is 1. The molecule has 0 bridgehead atoms. The lowest BCUT2D eigenvalue weighted by molar-refractivity contribution is 0.617. The molecular weight excluding hydrogens is 192 g/mol. The van der Waals surface area contributed by atoms with E-state index in [1.807, 2.05) is 18.2 Å². The van der Waals surface area contributed by atoms with Crippen molar-refractivity contribution < 1.29 is 4.12 Å². The molecule has 0 aliphatic heterocycles. The van der Waals surface area contributed by atoms with Gasteiger partial charge in [-0.05, 0) is 18.3 Å². The van der Waals surface area contributed by atoms with E-state index in [-0.39, 0.29) is 0 Å². The van der Waals surface area contributed by atoms with Crippen LogP contribution in [-0.4, -0.2) is 18.1 Å². The summed E-state index contributed by atoms with van der Waals surface area (Å²) >= 11 is 0. The maximum absolute atomic E-state index is 5.81. The van der Waals surface area contributed by atoms with Crippen molar-refractivity contribution in [3.05, 3.63) is 30.3 Å². The normalized spacial score (nSPS) is 11.8. The summed E-state index contributed by atoms with van der Waals surface area (Å²) < 4.78 is 5.81. The molecule has 0 unspecified atom stereocenters. The van der Waals surface area contributed by atoms with Crippen LogP contribution in [0.5, 0.6) is 0 Å². The molecule has 1 rings (SSSR count). The van der Waals surface area contributed by atoms with Gasteiger partial charge in [0.25, 0.3) is 0 Å². The van der Waals surface area contributed by atoms with E-state index >= 15 is 0 Å². The van der Waals surface area contributed by atoms with E-state index in [2.05, 4.69) is 30.8 Å². The molecule has 0 aromatic heterocycles. The second-order valence-electron chi connectivity index (χ2n) is 3.37. The van der Waals surface area contributed by atoms with Crippen LogP contribution in [0.3, 0.4) is 0 Å². The topological polar surface area (TPSA) is 9.23 Å². The van der Waals surface area contributed by atoms with Gasteiger partial charge in [0, 0.05) is 0 Å². The van der Waals surface area contributed by atoms with Gasteiger partial charge in [-0.25, -0.2) is 0 Å². The Balaban J connectivity index is 2.76. The molecule has 0 saturated heterocycles. The Hall–Kier alpha value is -0.826. The molecule has 0 heterocycles. The highest BCUT2D eigenvalue weighted by molar-refractivity contribution is 6.87. The van der Waals surface area contributed by atoms with Crippen molar-refractivity contribution >= 4 is 23.3 Å². The van der Waals surface area contributed by atoms with Gasteiger partial charge in [0.15, 0.2) is 0 Å². The fourth-order valence-electron chi connectivity index (χ4n) is 1.14. The lowest BCUT2D eigenvalue weighted by atomic mass is 10.4. The molecule has 0 aliphatic carbocycles. The molecule has 0 saturated carbocycles. The van der Waals surface area contributed by atoms with Crippen LogP contribution >= 0.6 is 0 Å². The first-order valence-corrected chi connectivity index (χ1v) is 8.49. The quantitative estimate of drug-likeness (QED) is 0.525. The standard InChI is InChI=1S/C10H14OSi2/c1-4-12-11-13(2,3)10-8-6-5-7-9-10/h1,5-9H,12H2,2-3H3. The van der Waals surface area contributed by atoms with Crippen LogP contribution in [0.4, 0.5) is 0 Å². The monoisotopic (exact) mass is 206 g/mol. The van der Waals surface area contributed by atoms with E-state index in [4.69, 9.17) is 10.5 Å². The van der Waals surface area contributed by atoms with Crippen molar-refractivity contribution in [2.24, 2.45) is 0 Å². The molecule has 0 atom stereocenters. The summed E-state index contributed by atoms with van der Waals surface area (Å²) in [5.41, 5.74) is 2.64. The Morgan fingerprint density at radius 1 is 1.31 bits per heavy atom. The lowest BCUT2D eigenvalue weighted by Crippen LogP contribution is -2.45. The highest BCUT2D eigenvalue weighted by atomic mass is 28.4. The van der Waals surface area contributed by atoms with Crippen molar-refractivity contribution in [2.45, 2.75) is 13.1 Å². The zero-order chi connectivity index (χ0) is 9.73. The average Bonchev–Trinajstić information content (AvgIpc) is 2.16. The molecule has 1 aromatic carbocycles. The van der Waals surface area contributed by atoms with Gasteiger partial charge in [-0.2, -0.15) is 0 Å². The van der Waals surface area contributed by atoms with E-state index in [1.165, 1.54) is 5.19 Å². The number of rotatable bonds is 3. The Morgan fingerprint density at radius 3 is 2.46 bits per heavy atom. The first kappa shape index (κ1) is 10.3. The Morgan fingerprint density at radius 2 is 1.92 bits per heavy atom. The van der Waals surface area contributed by atoms with Crippen LogP contribution in [0.2, 0.25) is 13.1 Å². The van der Waals surface area contributed by atoms with Crippen LogP contribution < -0.4 is 5.19 Å². The molecule has 0 N–H and O–H groups in total. The molecule has 1 aromatic rings. The second-order valence-corrected chi connectivity index (χ2v) is 8.82. The molecule has 0 amide bonds. The van der Waals surface area contributed by atoms with Crippen molar-refractivity contribution in [2.75, 3.05) is 0 Å². The van der Waals surface area contributed by atoms with Crippen molar-refractivity contribution in [3.63, 3.8) is 0 Å². The summed E-state index contributed by atoms with van der Waals surface area (Å²) in [6.07, 6.45) is 5.22. The molecule has 0 radical (unpaired) electrons. The fourth-order valence-corrected chi connectivity index (χ4v) is 4.58. The molecule has 13 heavy (non-hydrogen) atoms. The SMILES string of the molecule is C#C[SiH2]O[Si](C)(C)c1ccccc1. The molecule has 0 spiro atoms. The van der Waals surface area contributed by atoms with Gasteiger partial charge in [0.2, 0.25) is 18.1 Å². The third-order valence-corrected chi connectivity index (χ3v) is 7.34. The van der Waals surface area contributed by atoms with Crippen LogP contribution in [0.25, 0.3) is 0 Å². The summed E-state index contributed by atoms with van der Waals surface area (Å²) in [6.45, 7) is 4.37. The lowest BCUT2D eigenvalue weighted by Gasteiger charge is -2.22. The first-order chi connectivity index (χ1) is 6.17. The molecule has 1 nitrogen and oxygen atoms in total. The van der Waals surface area contributed by atoms with Crippen LogP contribution in [0.1, 0.15) is 0 Å². The average molecular weight is 206 g/mol. The van der Waals surface area contributed by atoms with E-state index in [0.29, 0.717) is 0 Å². The minimum absolute atomic E-state index is 0.737. The zero-order valence-corrected chi connectivity index (χ0v) is 10.5. The van der Waals surface area contributed by atoms with Gasteiger partial charge in [0.05, 0.1) is 0 Å². The number of hydrogen-bond acceptors (Lipinski definition) is 1. The smallest absolute Gasteiger partial charge is 0.229 e. The highest BCUT2D eigenvalue weighted by Crippen LogP contribution is 2.03. The zero-order valence-electron chi connectivity index (χ0n) is 8.08. The molecular formula is C10H14OSi2. The van der Waals surface area contributed by atoms with Gasteiger partial charge in [0.1, 0.15) is 0 Å². The largest absolute Gasteiger partial charge is 0.448 e. The van der Waals surface area contributed by atoms with Crippen molar-refractivity contribution in [1.82, 2.24) is 0 Å². The number of benzene rings is 1. The predicted octanol–water partition coefficient (Wildman–Crippen LogP) is 0.790. The maximum atomic E-state index is 5.81. The maximum Gasteiger partial charge on any atom is 0.229 e. The third kappa shape index (κ3) is 2.85. The summed E-state index contributed by atoms with van der Waals surface area (Å²) in [5, 5.41) is 1.32. The van der Waals surface area contributed by atoms with Crippen LogP contribution in [0.15, 0.2) is 30.3 Å². The third-order valence-electron chi connectivity index (χ3n) is 1.99. The Kier molecular flexibility index (Phi) is 3.49. The molecule has 3 heteroatoms. The molecule has 0 aliphatic rings. The summed E-state index contributed by atoms with van der Waals surface area (Å²) in [4.78, 5) is 0.